The Morgan fingerprint density at radius 2 is 0.929 bits per heavy atom. The molecule has 146 valence electrons. The maximum Gasteiger partial charge on any atom is 0.311 e. The van der Waals surface area contributed by atoms with Gasteiger partial charge in [0.2, 0.25) is 0 Å². The van der Waals surface area contributed by atoms with Gasteiger partial charge in [0, 0.05) is 11.8 Å². The van der Waals surface area contributed by atoms with Gasteiger partial charge in [-0.05, 0) is 49.9 Å². The smallest absolute Gasteiger partial charge is 0.311 e. The van der Waals surface area contributed by atoms with E-state index >= 15 is 0 Å². The highest BCUT2D eigenvalue weighted by atomic mass is 16.6. The summed E-state index contributed by atoms with van der Waals surface area (Å²) < 4.78 is 11.2. The molecule has 4 nitrogen and oxygen atoms in total. The predicted octanol–water partition coefficient (Wildman–Crippen LogP) is 4.41. The lowest BCUT2D eigenvalue weighted by atomic mass is 9.54. The number of fused-ring (bicyclic) bond motifs is 1. The minimum Gasteiger partial charge on any atom is -0.463 e. The summed E-state index contributed by atoms with van der Waals surface area (Å²) in [5.74, 6) is -2.20. The number of carbonyl (C=O) groups is 2. The second kappa shape index (κ2) is 7.08. The highest BCUT2D eigenvalue weighted by Crippen LogP contribution is 2.58. The topological polar surface area (TPSA) is 52.6 Å². The summed E-state index contributed by atoms with van der Waals surface area (Å²) in [6.45, 7) is 7.34. The third kappa shape index (κ3) is 2.92. The van der Waals surface area contributed by atoms with Gasteiger partial charge in [0.1, 0.15) is 0 Å². The SMILES string of the molecule is CC(C)OC(=O)[C@H]1C2c3ccccc3C(c3ccccc32)[C@@H]1C(=O)OC(C)C. The van der Waals surface area contributed by atoms with Gasteiger partial charge in [0.15, 0.2) is 0 Å². The van der Waals surface area contributed by atoms with Crippen LogP contribution in [0.15, 0.2) is 48.5 Å². The van der Waals surface area contributed by atoms with Gasteiger partial charge < -0.3 is 9.47 Å². The van der Waals surface area contributed by atoms with Crippen LogP contribution in [0.5, 0.6) is 0 Å². The van der Waals surface area contributed by atoms with Crippen molar-refractivity contribution < 1.29 is 19.1 Å². The third-order valence-corrected chi connectivity index (χ3v) is 5.69. The highest BCUT2D eigenvalue weighted by molar-refractivity contribution is 5.88. The highest BCUT2D eigenvalue weighted by Gasteiger charge is 2.56. The van der Waals surface area contributed by atoms with Gasteiger partial charge in [-0.3, -0.25) is 9.59 Å². The molecule has 4 heteroatoms. The Labute approximate surface area is 165 Å². The van der Waals surface area contributed by atoms with Crippen molar-refractivity contribution in [3.63, 3.8) is 0 Å². The predicted molar refractivity (Wildman–Crippen MR) is 106 cm³/mol. The summed E-state index contributed by atoms with van der Waals surface area (Å²) >= 11 is 0. The maximum atomic E-state index is 13.2. The zero-order valence-corrected chi connectivity index (χ0v) is 16.7. The minimum atomic E-state index is -0.580. The van der Waals surface area contributed by atoms with Crippen LogP contribution in [-0.2, 0) is 19.1 Å². The lowest BCUT2D eigenvalue weighted by Gasteiger charge is -2.48. The van der Waals surface area contributed by atoms with Gasteiger partial charge in [0.05, 0.1) is 24.0 Å². The van der Waals surface area contributed by atoms with E-state index in [-0.39, 0.29) is 36.0 Å². The zero-order valence-electron chi connectivity index (χ0n) is 16.7. The maximum absolute atomic E-state index is 13.2. The van der Waals surface area contributed by atoms with E-state index in [9.17, 15) is 9.59 Å². The van der Waals surface area contributed by atoms with E-state index < -0.39 is 11.8 Å². The molecule has 0 fully saturated rings. The number of hydrogen-bond donors (Lipinski definition) is 0. The first-order valence-corrected chi connectivity index (χ1v) is 9.98. The third-order valence-electron chi connectivity index (χ3n) is 5.69. The van der Waals surface area contributed by atoms with E-state index in [0.717, 1.165) is 22.3 Å². The van der Waals surface area contributed by atoms with Crippen molar-refractivity contribution in [2.24, 2.45) is 11.8 Å². The molecule has 0 radical (unpaired) electrons. The van der Waals surface area contributed by atoms with Crippen molar-refractivity contribution in [1.29, 1.82) is 0 Å². The average molecular weight is 378 g/mol. The van der Waals surface area contributed by atoms with E-state index in [1.54, 1.807) is 0 Å². The molecule has 0 spiro atoms. The number of rotatable bonds is 4. The lowest BCUT2D eigenvalue weighted by Crippen LogP contribution is -2.48. The van der Waals surface area contributed by atoms with Gasteiger partial charge >= 0.3 is 11.9 Å². The van der Waals surface area contributed by atoms with Crippen molar-refractivity contribution in [2.75, 3.05) is 0 Å². The van der Waals surface area contributed by atoms with E-state index in [0.29, 0.717) is 0 Å². The van der Waals surface area contributed by atoms with Crippen molar-refractivity contribution >= 4 is 11.9 Å². The molecule has 5 rings (SSSR count). The van der Waals surface area contributed by atoms with E-state index in [2.05, 4.69) is 24.3 Å². The number of ether oxygens (including phenoxy) is 2. The van der Waals surface area contributed by atoms with Gasteiger partial charge in [-0.15, -0.1) is 0 Å². The Hall–Kier alpha value is -2.62. The molecule has 28 heavy (non-hydrogen) atoms. The Morgan fingerprint density at radius 1 is 0.643 bits per heavy atom. The molecule has 3 aliphatic carbocycles. The first-order valence-electron chi connectivity index (χ1n) is 9.98. The molecule has 2 bridgehead atoms. The van der Waals surface area contributed by atoms with E-state index in [1.807, 2.05) is 52.0 Å². The van der Waals surface area contributed by atoms with Gasteiger partial charge in [0.25, 0.3) is 0 Å². The second-order valence-corrected chi connectivity index (χ2v) is 8.24. The molecule has 2 aromatic carbocycles. The first-order chi connectivity index (χ1) is 13.4. The summed E-state index contributed by atoms with van der Waals surface area (Å²) in [6, 6.07) is 16.3. The molecule has 0 saturated heterocycles. The standard InChI is InChI=1S/C24H26O4/c1-13(2)27-23(25)21-19-15-9-5-7-11-17(15)20(18-12-8-6-10-16(18)19)22(21)24(26)28-14(3)4/h5-14,19-22H,1-4H3/t19?,20?,21-,22-/m0/s1. The van der Waals surface area contributed by atoms with Gasteiger partial charge in [-0.1, -0.05) is 48.5 Å². The minimum absolute atomic E-state index is 0.201. The Bertz CT molecular complexity index is 793. The van der Waals surface area contributed by atoms with Crippen LogP contribution in [0.4, 0.5) is 0 Å². The molecular weight excluding hydrogens is 352 g/mol. The van der Waals surface area contributed by atoms with Crippen molar-refractivity contribution in [2.45, 2.75) is 51.7 Å². The van der Waals surface area contributed by atoms with Crippen LogP contribution < -0.4 is 0 Å². The van der Waals surface area contributed by atoms with Crippen LogP contribution >= 0.6 is 0 Å². The quantitative estimate of drug-likeness (QED) is 0.740. The second-order valence-electron chi connectivity index (χ2n) is 8.24. The Balaban J connectivity index is 1.91. The molecule has 2 aromatic rings. The van der Waals surface area contributed by atoms with Crippen LogP contribution in [0.1, 0.15) is 61.8 Å². The monoisotopic (exact) mass is 378 g/mol. The molecule has 0 N–H and O–H groups in total. The van der Waals surface area contributed by atoms with Crippen molar-refractivity contribution in [3.05, 3.63) is 70.8 Å². The molecule has 0 heterocycles. The summed E-state index contributed by atoms with van der Waals surface area (Å²) in [5, 5.41) is 0. The number of carbonyl (C=O) groups excluding carboxylic acids is 2. The fourth-order valence-electron chi connectivity index (χ4n) is 4.87. The summed E-state index contributed by atoms with van der Waals surface area (Å²) in [7, 11) is 0. The van der Waals surface area contributed by atoms with E-state index in [1.165, 1.54) is 0 Å². The molecule has 0 unspecified atom stereocenters. The number of esters is 2. The van der Waals surface area contributed by atoms with Crippen LogP contribution in [0.25, 0.3) is 0 Å². The normalized spacial score (nSPS) is 24.6. The first kappa shape index (κ1) is 18.7. The van der Waals surface area contributed by atoms with Crippen LogP contribution in [0.2, 0.25) is 0 Å². The average Bonchev–Trinajstić information content (AvgIpc) is 2.66. The fraction of sp³-hybridized carbons (Fsp3) is 0.417. The number of hydrogen-bond acceptors (Lipinski definition) is 4. The number of benzene rings is 2. The van der Waals surface area contributed by atoms with Gasteiger partial charge in [-0.25, -0.2) is 0 Å². The molecular formula is C24H26O4. The van der Waals surface area contributed by atoms with E-state index in [4.69, 9.17) is 9.47 Å². The summed E-state index contributed by atoms with van der Waals surface area (Å²) in [6.07, 6.45) is -0.472. The molecule has 0 saturated carbocycles. The van der Waals surface area contributed by atoms with Crippen molar-refractivity contribution in [1.82, 2.24) is 0 Å². The molecule has 3 aliphatic rings. The largest absolute Gasteiger partial charge is 0.463 e. The van der Waals surface area contributed by atoms with Gasteiger partial charge in [-0.2, -0.15) is 0 Å². The van der Waals surface area contributed by atoms with Crippen LogP contribution in [0, 0.1) is 11.8 Å². The van der Waals surface area contributed by atoms with Crippen LogP contribution in [0.3, 0.4) is 0 Å². The summed E-state index contributed by atoms with van der Waals surface area (Å²) in [5.41, 5.74) is 4.46. The Kier molecular flexibility index (Phi) is 4.74. The molecule has 0 aliphatic heterocycles. The lowest BCUT2D eigenvalue weighted by molar-refractivity contribution is -0.167. The summed E-state index contributed by atoms with van der Waals surface area (Å²) in [4.78, 5) is 26.4. The fourth-order valence-corrected chi connectivity index (χ4v) is 4.87. The van der Waals surface area contributed by atoms with Crippen molar-refractivity contribution in [3.8, 4) is 0 Å². The molecule has 0 aromatic heterocycles. The molecule has 2 atom stereocenters. The zero-order chi connectivity index (χ0) is 20.0. The molecule has 0 amide bonds. The Morgan fingerprint density at radius 3 is 1.18 bits per heavy atom. The van der Waals surface area contributed by atoms with Crippen LogP contribution in [-0.4, -0.2) is 24.1 Å².